The van der Waals surface area contributed by atoms with Gasteiger partial charge in [-0.15, -0.1) is 0 Å². The van der Waals surface area contributed by atoms with Crippen LogP contribution in [-0.4, -0.2) is 48.6 Å². The van der Waals surface area contributed by atoms with Crippen molar-refractivity contribution in [2.45, 2.75) is 135 Å². The molecule has 3 atom stereocenters. The SMILES string of the molecule is CC/C=C\CC1OC1C/C=C\C/C=C\C/C=C\C/C=C\CCC(=O)O[C@@H](CO)COC(=O)CCCCCCCCC. The molecule has 0 aliphatic carbocycles. The highest BCUT2D eigenvalue weighted by molar-refractivity contribution is 5.70. The number of carbonyl (C=O) groups is 2. The van der Waals surface area contributed by atoms with Crippen molar-refractivity contribution in [2.24, 2.45) is 0 Å². The molecule has 1 aliphatic rings. The van der Waals surface area contributed by atoms with E-state index in [1.54, 1.807) is 0 Å². The van der Waals surface area contributed by atoms with Gasteiger partial charge in [-0.25, -0.2) is 0 Å². The van der Waals surface area contributed by atoms with Crippen molar-refractivity contribution < 1.29 is 28.9 Å². The summed E-state index contributed by atoms with van der Waals surface area (Å²) in [7, 11) is 0. The summed E-state index contributed by atoms with van der Waals surface area (Å²) in [5.41, 5.74) is 0. The van der Waals surface area contributed by atoms with Gasteiger partial charge in [0.25, 0.3) is 0 Å². The molecular formula is C35H56O6. The van der Waals surface area contributed by atoms with Gasteiger partial charge in [0.15, 0.2) is 6.10 Å². The van der Waals surface area contributed by atoms with Crippen molar-refractivity contribution in [1.29, 1.82) is 0 Å². The number of carbonyl (C=O) groups excluding carboxylic acids is 2. The van der Waals surface area contributed by atoms with Gasteiger partial charge in [-0.2, -0.15) is 0 Å². The van der Waals surface area contributed by atoms with Gasteiger partial charge in [0.2, 0.25) is 0 Å². The molecule has 6 nitrogen and oxygen atoms in total. The summed E-state index contributed by atoms with van der Waals surface area (Å²) in [6.07, 6.45) is 36.2. The van der Waals surface area contributed by atoms with Gasteiger partial charge in [0, 0.05) is 12.8 Å². The number of ether oxygens (including phenoxy) is 3. The normalized spacial score (nSPS) is 17.9. The maximum Gasteiger partial charge on any atom is 0.306 e. The summed E-state index contributed by atoms with van der Waals surface area (Å²) < 4.78 is 16.1. The van der Waals surface area contributed by atoms with Crippen LogP contribution in [0.1, 0.15) is 117 Å². The van der Waals surface area contributed by atoms with Crippen LogP contribution >= 0.6 is 0 Å². The van der Waals surface area contributed by atoms with Gasteiger partial charge in [-0.1, -0.05) is 113 Å². The number of allylic oxidation sites excluding steroid dienone is 8. The Bertz CT molecular complexity index is 809. The molecule has 1 aliphatic heterocycles. The van der Waals surface area contributed by atoms with Gasteiger partial charge in [0.05, 0.1) is 18.8 Å². The fraction of sp³-hybridized carbons (Fsp3) is 0.657. The Morgan fingerprint density at radius 2 is 1.27 bits per heavy atom. The Kier molecular flexibility index (Phi) is 23.6. The van der Waals surface area contributed by atoms with Gasteiger partial charge >= 0.3 is 11.9 Å². The lowest BCUT2D eigenvalue weighted by Gasteiger charge is -2.15. The first kappa shape index (κ1) is 36.6. The van der Waals surface area contributed by atoms with Crippen LogP contribution in [-0.2, 0) is 23.8 Å². The first-order chi connectivity index (χ1) is 20.1. The number of esters is 2. The first-order valence-corrected chi connectivity index (χ1v) is 16.0. The number of aliphatic hydroxyl groups excluding tert-OH is 1. The zero-order valence-corrected chi connectivity index (χ0v) is 25.7. The minimum absolute atomic E-state index is 0.101. The van der Waals surface area contributed by atoms with Crippen molar-refractivity contribution >= 4 is 11.9 Å². The highest BCUT2D eigenvalue weighted by Crippen LogP contribution is 2.29. The number of hydrogen-bond acceptors (Lipinski definition) is 6. The third-order valence-corrected chi connectivity index (χ3v) is 6.74. The highest BCUT2D eigenvalue weighted by atomic mass is 16.6. The van der Waals surface area contributed by atoms with E-state index in [2.05, 4.69) is 62.5 Å². The van der Waals surface area contributed by atoms with Crippen LogP contribution in [0.25, 0.3) is 0 Å². The van der Waals surface area contributed by atoms with Crippen molar-refractivity contribution in [3.05, 3.63) is 60.8 Å². The van der Waals surface area contributed by atoms with Gasteiger partial charge in [0.1, 0.15) is 6.61 Å². The fourth-order valence-electron chi connectivity index (χ4n) is 4.21. The lowest BCUT2D eigenvalue weighted by Crippen LogP contribution is -2.28. The van der Waals surface area contributed by atoms with Crippen LogP contribution in [0, 0.1) is 0 Å². The molecule has 2 unspecified atom stereocenters. The Balaban J connectivity index is 2.00. The lowest BCUT2D eigenvalue weighted by atomic mass is 10.1. The highest BCUT2D eigenvalue weighted by Gasteiger charge is 2.35. The topological polar surface area (TPSA) is 85.4 Å². The van der Waals surface area contributed by atoms with E-state index in [0.29, 0.717) is 25.0 Å². The molecule has 1 fully saturated rings. The minimum Gasteiger partial charge on any atom is -0.462 e. The zero-order valence-electron chi connectivity index (χ0n) is 25.7. The summed E-state index contributed by atoms with van der Waals surface area (Å²) in [6, 6.07) is 0. The van der Waals surface area contributed by atoms with Crippen molar-refractivity contribution in [1.82, 2.24) is 0 Å². The van der Waals surface area contributed by atoms with E-state index in [0.717, 1.165) is 57.8 Å². The average molecular weight is 573 g/mol. The van der Waals surface area contributed by atoms with E-state index in [1.807, 2.05) is 12.2 Å². The largest absolute Gasteiger partial charge is 0.462 e. The standard InChI is InChI=1S/C35H56O6/c1-3-5-7-8-15-19-23-27-34(37)39-30-31(29-36)40-35(38)28-24-20-17-14-12-10-9-11-13-16-18-22-26-33-32(41-33)25-21-6-4-2/h6,10-13,17-18,20-22,31-33,36H,3-5,7-9,14-16,19,23-30H2,1-2H3/b12-10-,13-11-,20-17-,21-6-,22-18-/t31-,32?,33?/m0/s1. The molecule has 0 aromatic carbocycles. The molecule has 0 spiro atoms. The molecule has 1 rings (SSSR count). The smallest absolute Gasteiger partial charge is 0.306 e. The second-order valence-electron chi connectivity index (χ2n) is 10.5. The molecule has 1 heterocycles. The van der Waals surface area contributed by atoms with E-state index in [1.165, 1.54) is 25.7 Å². The molecule has 41 heavy (non-hydrogen) atoms. The molecule has 0 bridgehead atoms. The van der Waals surface area contributed by atoms with Gasteiger partial charge in [-0.05, 0) is 51.4 Å². The summed E-state index contributed by atoms with van der Waals surface area (Å²) in [6.45, 7) is 3.87. The van der Waals surface area contributed by atoms with E-state index in [4.69, 9.17) is 14.2 Å². The summed E-state index contributed by atoms with van der Waals surface area (Å²) >= 11 is 0. The molecule has 0 aromatic rings. The Morgan fingerprint density at radius 1 is 0.707 bits per heavy atom. The van der Waals surface area contributed by atoms with E-state index >= 15 is 0 Å². The van der Waals surface area contributed by atoms with Gasteiger partial charge < -0.3 is 19.3 Å². The van der Waals surface area contributed by atoms with Crippen LogP contribution in [0.5, 0.6) is 0 Å². The molecule has 0 aromatic heterocycles. The number of unbranched alkanes of at least 4 members (excludes halogenated alkanes) is 6. The monoisotopic (exact) mass is 572 g/mol. The van der Waals surface area contributed by atoms with Crippen molar-refractivity contribution in [2.75, 3.05) is 13.2 Å². The van der Waals surface area contributed by atoms with E-state index < -0.39 is 12.1 Å². The molecule has 1 N–H and O–H groups in total. The molecule has 232 valence electrons. The fourth-order valence-corrected chi connectivity index (χ4v) is 4.21. The van der Waals surface area contributed by atoms with Crippen LogP contribution in [0.3, 0.4) is 0 Å². The quantitative estimate of drug-likeness (QED) is 0.0486. The van der Waals surface area contributed by atoms with Gasteiger partial charge in [-0.3, -0.25) is 9.59 Å². The molecular weight excluding hydrogens is 516 g/mol. The second kappa shape index (κ2) is 26.5. The zero-order chi connectivity index (χ0) is 29.8. The van der Waals surface area contributed by atoms with E-state index in [-0.39, 0.29) is 25.6 Å². The molecule has 0 amide bonds. The van der Waals surface area contributed by atoms with Crippen LogP contribution in [0.4, 0.5) is 0 Å². The Hall–Kier alpha value is -2.44. The number of epoxide rings is 1. The molecule has 1 saturated heterocycles. The van der Waals surface area contributed by atoms with Crippen molar-refractivity contribution in [3.63, 3.8) is 0 Å². The Labute approximate surface area is 249 Å². The maximum atomic E-state index is 12.0. The van der Waals surface area contributed by atoms with E-state index in [9.17, 15) is 14.7 Å². The summed E-state index contributed by atoms with van der Waals surface area (Å²) in [5.74, 6) is -0.708. The third kappa shape index (κ3) is 22.9. The van der Waals surface area contributed by atoms with Crippen LogP contribution in [0.2, 0.25) is 0 Å². The average Bonchev–Trinajstić information content (AvgIpc) is 3.72. The predicted molar refractivity (Wildman–Crippen MR) is 168 cm³/mol. The number of hydrogen-bond donors (Lipinski definition) is 1. The van der Waals surface area contributed by atoms with Crippen LogP contribution < -0.4 is 0 Å². The lowest BCUT2D eigenvalue weighted by molar-refractivity contribution is -0.161. The Morgan fingerprint density at radius 3 is 1.88 bits per heavy atom. The molecule has 6 heteroatoms. The first-order valence-electron chi connectivity index (χ1n) is 16.0. The van der Waals surface area contributed by atoms with Crippen molar-refractivity contribution in [3.8, 4) is 0 Å². The minimum atomic E-state index is -0.812. The summed E-state index contributed by atoms with van der Waals surface area (Å²) in [4.78, 5) is 23.9. The second-order valence-corrected chi connectivity index (χ2v) is 10.5. The third-order valence-electron chi connectivity index (χ3n) is 6.74. The predicted octanol–water partition coefficient (Wildman–Crippen LogP) is 8.26. The summed E-state index contributed by atoms with van der Waals surface area (Å²) in [5, 5.41) is 9.45. The molecule has 0 saturated carbocycles. The molecule has 0 radical (unpaired) electrons. The maximum absolute atomic E-state index is 12.0. The number of rotatable bonds is 26. The van der Waals surface area contributed by atoms with Crippen LogP contribution in [0.15, 0.2) is 60.8 Å². The number of aliphatic hydroxyl groups is 1.